The molecule has 3 aromatic carbocycles. The second-order valence-electron chi connectivity index (χ2n) is 11.8. The molecular weight excluding hydrogens is 536 g/mol. The Morgan fingerprint density at radius 1 is 0.929 bits per heavy atom. The molecule has 0 spiro atoms. The van der Waals surface area contributed by atoms with Crippen LogP contribution >= 0.6 is 0 Å². The quantitative estimate of drug-likeness (QED) is 0.307. The Hall–Kier alpha value is -3.78. The molecule has 0 radical (unpaired) electrons. The van der Waals surface area contributed by atoms with E-state index in [9.17, 15) is 13.6 Å². The SMILES string of the molecule is CCC1=NC(c2ccc(F)cc2)(c2ccc(F)cc2)C(=O)N1CC1CCN(CC(C)Cc2ccc3c(c2)OCO3)CC1. The fourth-order valence-electron chi connectivity index (χ4n) is 6.58. The highest BCUT2D eigenvalue weighted by Crippen LogP contribution is 2.41. The second kappa shape index (κ2) is 11.8. The molecule has 3 aliphatic rings. The van der Waals surface area contributed by atoms with Crippen LogP contribution in [0.1, 0.15) is 49.8 Å². The highest BCUT2D eigenvalue weighted by molar-refractivity contribution is 6.10. The summed E-state index contributed by atoms with van der Waals surface area (Å²) in [5, 5.41) is 0. The smallest absolute Gasteiger partial charge is 0.265 e. The molecule has 1 amide bonds. The topological polar surface area (TPSA) is 54.4 Å². The summed E-state index contributed by atoms with van der Waals surface area (Å²) in [5.41, 5.74) is 1.07. The van der Waals surface area contributed by atoms with Gasteiger partial charge in [-0.2, -0.15) is 0 Å². The fourth-order valence-corrected chi connectivity index (χ4v) is 6.58. The Balaban J connectivity index is 1.11. The summed E-state index contributed by atoms with van der Waals surface area (Å²) in [6.45, 7) is 8.15. The summed E-state index contributed by atoms with van der Waals surface area (Å²) in [6.07, 6.45) is 3.56. The lowest BCUT2D eigenvalue weighted by Gasteiger charge is -2.36. The summed E-state index contributed by atoms with van der Waals surface area (Å²) in [7, 11) is 0. The van der Waals surface area contributed by atoms with Gasteiger partial charge < -0.3 is 14.4 Å². The Labute approximate surface area is 246 Å². The lowest BCUT2D eigenvalue weighted by atomic mass is 9.82. The Morgan fingerprint density at radius 2 is 1.55 bits per heavy atom. The maximum absolute atomic E-state index is 14.3. The van der Waals surface area contributed by atoms with E-state index in [-0.39, 0.29) is 24.3 Å². The molecule has 220 valence electrons. The van der Waals surface area contributed by atoms with Gasteiger partial charge in [-0.05, 0) is 97.3 Å². The number of carbonyl (C=O) groups excluding carboxylic acids is 1. The number of amides is 1. The van der Waals surface area contributed by atoms with Gasteiger partial charge in [0.05, 0.1) is 0 Å². The molecule has 3 heterocycles. The summed E-state index contributed by atoms with van der Waals surface area (Å²) in [5.74, 6) is 2.28. The van der Waals surface area contributed by atoms with Crippen molar-refractivity contribution >= 4 is 11.7 Å². The average Bonchev–Trinajstić information content (AvgIpc) is 3.57. The highest BCUT2D eigenvalue weighted by Gasteiger charge is 2.51. The van der Waals surface area contributed by atoms with Crippen LogP contribution in [-0.2, 0) is 16.8 Å². The zero-order valence-corrected chi connectivity index (χ0v) is 24.2. The van der Waals surface area contributed by atoms with Crippen molar-refractivity contribution in [3.8, 4) is 11.5 Å². The minimum absolute atomic E-state index is 0.155. The third kappa shape index (κ3) is 5.52. The largest absolute Gasteiger partial charge is 0.454 e. The number of hydrogen-bond acceptors (Lipinski definition) is 5. The van der Waals surface area contributed by atoms with Gasteiger partial charge in [-0.15, -0.1) is 0 Å². The van der Waals surface area contributed by atoms with Gasteiger partial charge in [0, 0.05) is 19.5 Å². The number of nitrogens with zero attached hydrogens (tertiary/aromatic N) is 3. The van der Waals surface area contributed by atoms with Crippen LogP contribution in [0.25, 0.3) is 0 Å². The first-order valence-corrected chi connectivity index (χ1v) is 14.9. The minimum Gasteiger partial charge on any atom is -0.454 e. The molecule has 1 saturated heterocycles. The number of hydrogen-bond donors (Lipinski definition) is 0. The third-order valence-corrected chi connectivity index (χ3v) is 8.74. The molecule has 3 aromatic rings. The fraction of sp³-hybridized carbons (Fsp3) is 0.412. The molecule has 0 saturated carbocycles. The van der Waals surface area contributed by atoms with Crippen LogP contribution in [0.5, 0.6) is 11.5 Å². The monoisotopic (exact) mass is 573 g/mol. The summed E-state index contributed by atoms with van der Waals surface area (Å²) >= 11 is 0. The maximum Gasteiger partial charge on any atom is 0.265 e. The first kappa shape index (κ1) is 28.3. The molecule has 6 rings (SSSR count). The number of rotatable bonds is 9. The molecule has 42 heavy (non-hydrogen) atoms. The summed E-state index contributed by atoms with van der Waals surface area (Å²) in [6, 6.07) is 18.0. The van der Waals surface area contributed by atoms with Gasteiger partial charge in [0.15, 0.2) is 17.0 Å². The Kier molecular flexibility index (Phi) is 7.99. The van der Waals surface area contributed by atoms with Gasteiger partial charge in [0.2, 0.25) is 6.79 Å². The van der Waals surface area contributed by atoms with Crippen molar-refractivity contribution in [1.82, 2.24) is 9.80 Å². The molecule has 1 fully saturated rings. The van der Waals surface area contributed by atoms with E-state index in [0.717, 1.165) is 50.4 Å². The van der Waals surface area contributed by atoms with Crippen LogP contribution in [0.3, 0.4) is 0 Å². The van der Waals surface area contributed by atoms with Crippen LogP contribution in [0.4, 0.5) is 8.78 Å². The first-order valence-electron chi connectivity index (χ1n) is 14.9. The van der Waals surface area contributed by atoms with E-state index in [2.05, 4.69) is 24.0 Å². The van der Waals surface area contributed by atoms with Gasteiger partial charge in [-0.3, -0.25) is 9.69 Å². The predicted octanol–water partition coefficient (Wildman–Crippen LogP) is 6.18. The lowest BCUT2D eigenvalue weighted by Crippen LogP contribution is -2.46. The summed E-state index contributed by atoms with van der Waals surface area (Å²) < 4.78 is 38.7. The number of amidine groups is 1. The molecule has 0 bridgehead atoms. The van der Waals surface area contributed by atoms with Crippen molar-refractivity contribution < 1.29 is 23.0 Å². The van der Waals surface area contributed by atoms with Gasteiger partial charge in [0.1, 0.15) is 17.5 Å². The molecule has 8 heteroatoms. The first-order chi connectivity index (χ1) is 20.4. The van der Waals surface area contributed by atoms with Crippen molar-refractivity contribution in [2.45, 2.75) is 45.1 Å². The molecular formula is C34H37F2N3O3. The predicted molar refractivity (Wildman–Crippen MR) is 158 cm³/mol. The number of fused-ring (bicyclic) bond motifs is 1. The lowest BCUT2D eigenvalue weighted by molar-refractivity contribution is -0.130. The number of likely N-dealkylation sites (tertiary alicyclic amines) is 1. The zero-order chi connectivity index (χ0) is 29.3. The van der Waals surface area contributed by atoms with Crippen LogP contribution in [0.15, 0.2) is 71.7 Å². The molecule has 0 aliphatic carbocycles. The highest BCUT2D eigenvalue weighted by atomic mass is 19.1. The molecule has 0 aromatic heterocycles. The minimum atomic E-state index is -1.35. The van der Waals surface area contributed by atoms with Crippen LogP contribution in [-0.4, -0.2) is 54.5 Å². The van der Waals surface area contributed by atoms with E-state index in [0.29, 0.717) is 41.8 Å². The number of carbonyl (C=O) groups is 1. The van der Waals surface area contributed by atoms with Crippen molar-refractivity contribution in [3.63, 3.8) is 0 Å². The molecule has 0 N–H and O–H groups in total. The summed E-state index contributed by atoms with van der Waals surface area (Å²) in [4.78, 5) is 23.6. The molecule has 6 nitrogen and oxygen atoms in total. The Bertz CT molecular complexity index is 1400. The number of ether oxygens (including phenoxy) is 2. The number of halogens is 2. The van der Waals surface area contributed by atoms with Crippen molar-refractivity contribution in [2.24, 2.45) is 16.8 Å². The average molecular weight is 574 g/mol. The third-order valence-electron chi connectivity index (χ3n) is 8.74. The van der Waals surface area contributed by atoms with Gasteiger partial charge in [-0.1, -0.05) is 44.2 Å². The van der Waals surface area contributed by atoms with Crippen molar-refractivity contribution in [3.05, 3.63) is 95.1 Å². The molecule has 3 aliphatic heterocycles. The molecule has 1 unspecified atom stereocenters. The van der Waals surface area contributed by atoms with E-state index < -0.39 is 5.54 Å². The van der Waals surface area contributed by atoms with Gasteiger partial charge >= 0.3 is 0 Å². The van der Waals surface area contributed by atoms with Gasteiger partial charge in [-0.25, -0.2) is 13.8 Å². The van der Waals surface area contributed by atoms with E-state index >= 15 is 0 Å². The maximum atomic E-state index is 14.3. The van der Waals surface area contributed by atoms with E-state index in [1.54, 1.807) is 24.3 Å². The Morgan fingerprint density at radius 3 is 2.17 bits per heavy atom. The van der Waals surface area contributed by atoms with E-state index in [4.69, 9.17) is 14.5 Å². The number of aliphatic imine (C=N–C) groups is 1. The van der Waals surface area contributed by atoms with E-state index in [1.165, 1.54) is 29.8 Å². The van der Waals surface area contributed by atoms with E-state index in [1.807, 2.05) is 17.9 Å². The van der Waals surface area contributed by atoms with Crippen molar-refractivity contribution in [2.75, 3.05) is 33.0 Å². The molecule has 1 atom stereocenters. The zero-order valence-electron chi connectivity index (χ0n) is 24.2. The van der Waals surface area contributed by atoms with Gasteiger partial charge in [0.25, 0.3) is 5.91 Å². The van der Waals surface area contributed by atoms with Crippen molar-refractivity contribution in [1.29, 1.82) is 0 Å². The normalized spacial score (nSPS) is 19.3. The number of benzene rings is 3. The second-order valence-corrected chi connectivity index (χ2v) is 11.8. The standard InChI is InChI=1S/C34H37F2N3O3/c1-3-32-37-34(26-5-9-28(35)10-6-26,27-7-11-29(36)12-8-27)33(40)39(32)21-24-14-16-38(17-15-24)20-23(2)18-25-4-13-30-31(19-25)42-22-41-30/h4-13,19,23-24H,3,14-18,20-22H2,1-2H3. The van der Waals surface area contributed by atoms with Crippen LogP contribution < -0.4 is 9.47 Å². The number of piperidine rings is 1. The van der Waals surface area contributed by atoms with Crippen LogP contribution in [0, 0.1) is 23.5 Å². The van der Waals surface area contributed by atoms with Crippen LogP contribution in [0.2, 0.25) is 0 Å².